The molecule has 4 atom stereocenters. The molecule has 2 heteroatoms. The summed E-state index contributed by atoms with van der Waals surface area (Å²) < 4.78 is 6.06. The van der Waals surface area contributed by atoms with Gasteiger partial charge in [0.25, 0.3) is 0 Å². The fourth-order valence-electron chi connectivity index (χ4n) is 2.60. The maximum absolute atomic E-state index is 6.24. The summed E-state index contributed by atoms with van der Waals surface area (Å²) >= 11 is 6.24. The summed E-state index contributed by atoms with van der Waals surface area (Å²) in [6.07, 6.45) is 4.19. The van der Waals surface area contributed by atoms with Gasteiger partial charge in [-0.05, 0) is 36.5 Å². The van der Waals surface area contributed by atoms with Gasteiger partial charge in [-0.25, -0.2) is 0 Å². The summed E-state index contributed by atoms with van der Waals surface area (Å²) in [4.78, 5) is 0. The fraction of sp³-hybridized carbons (Fsp3) is 1.00. The molecule has 0 heterocycles. The SMILES string of the molecule is CC1CCC(C(C)C)C(OC(Cl)C(C)C)C1. The fourth-order valence-corrected chi connectivity index (χ4v) is 2.73. The van der Waals surface area contributed by atoms with Crippen LogP contribution < -0.4 is 0 Å². The zero-order chi connectivity index (χ0) is 12.3. The second kappa shape index (κ2) is 6.26. The van der Waals surface area contributed by atoms with Crippen LogP contribution in [-0.4, -0.2) is 11.7 Å². The highest BCUT2D eigenvalue weighted by atomic mass is 35.5. The first-order chi connectivity index (χ1) is 7.41. The van der Waals surface area contributed by atoms with Gasteiger partial charge in [0.2, 0.25) is 0 Å². The molecule has 1 fully saturated rings. The lowest BCUT2D eigenvalue weighted by Gasteiger charge is -2.38. The molecular weight excluding hydrogens is 220 g/mol. The van der Waals surface area contributed by atoms with E-state index in [0.29, 0.717) is 23.9 Å². The van der Waals surface area contributed by atoms with E-state index in [2.05, 4.69) is 34.6 Å². The molecule has 1 rings (SSSR count). The Bertz CT molecular complexity index is 203. The number of ether oxygens (including phenoxy) is 1. The molecule has 0 aromatic rings. The van der Waals surface area contributed by atoms with Gasteiger partial charge in [-0.2, -0.15) is 0 Å². The summed E-state index contributed by atoms with van der Waals surface area (Å²) in [5.74, 6) is 2.58. The van der Waals surface area contributed by atoms with E-state index >= 15 is 0 Å². The number of hydrogen-bond acceptors (Lipinski definition) is 1. The number of rotatable bonds is 4. The lowest BCUT2D eigenvalue weighted by atomic mass is 9.75. The van der Waals surface area contributed by atoms with Crippen LogP contribution in [0.5, 0.6) is 0 Å². The quantitative estimate of drug-likeness (QED) is 0.655. The van der Waals surface area contributed by atoms with E-state index < -0.39 is 0 Å². The first-order valence-corrected chi connectivity index (χ1v) is 7.15. The molecule has 16 heavy (non-hydrogen) atoms. The Morgan fingerprint density at radius 2 is 1.75 bits per heavy atom. The Balaban J connectivity index is 2.57. The minimum Gasteiger partial charge on any atom is -0.359 e. The normalized spacial score (nSPS) is 33.4. The maximum atomic E-state index is 6.24. The third kappa shape index (κ3) is 3.92. The molecule has 0 bridgehead atoms. The molecule has 4 unspecified atom stereocenters. The number of halogens is 1. The maximum Gasteiger partial charge on any atom is 0.133 e. The van der Waals surface area contributed by atoms with Gasteiger partial charge >= 0.3 is 0 Å². The molecule has 0 aromatic carbocycles. The Labute approximate surface area is 106 Å². The minimum atomic E-state index is -0.128. The molecule has 0 amide bonds. The van der Waals surface area contributed by atoms with Crippen LogP contribution in [0.4, 0.5) is 0 Å². The summed E-state index contributed by atoms with van der Waals surface area (Å²) in [7, 11) is 0. The van der Waals surface area contributed by atoms with Gasteiger partial charge in [-0.1, -0.05) is 52.6 Å². The lowest BCUT2D eigenvalue weighted by molar-refractivity contribution is -0.0645. The van der Waals surface area contributed by atoms with Crippen molar-refractivity contribution in [3.05, 3.63) is 0 Å². The topological polar surface area (TPSA) is 9.23 Å². The Morgan fingerprint density at radius 3 is 2.25 bits per heavy atom. The van der Waals surface area contributed by atoms with Gasteiger partial charge in [-0.3, -0.25) is 0 Å². The summed E-state index contributed by atoms with van der Waals surface area (Å²) in [5.41, 5.74) is -0.128. The predicted octanol–water partition coefficient (Wildman–Crippen LogP) is 4.68. The van der Waals surface area contributed by atoms with Crippen LogP contribution >= 0.6 is 11.6 Å². The van der Waals surface area contributed by atoms with E-state index in [1.54, 1.807) is 0 Å². The average Bonchev–Trinajstić information content (AvgIpc) is 2.16. The van der Waals surface area contributed by atoms with Gasteiger partial charge in [0, 0.05) is 0 Å². The van der Waals surface area contributed by atoms with Crippen LogP contribution in [-0.2, 0) is 4.74 Å². The first-order valence-electron chi connectivity index (χ1n) is 6.71. The van der Waals surface area contributed by atoms with E-state index in [1.807, 2.05) is 0 Å². The molecule has 1 saturated carbocycles. The van der Waals surface area contributed by atoms with Crippen LogP contribution in [0.3, 0.4) is 0 Å². The average molecular weight is 247 g/mol. The van der Waals surface area contributed by atoms with Crippen molar-refractivity contribution in [3.8, 4) is 0 Å². The van der Waals surface area contributed by atoms with E-state index in [4.69, 9.17) is 16.3 Å². The molecule has 0 aliphatic heterocycles. The zero-order valence-corrected chi connectivity index (χ0v) is 12.1. The molecule has 0 spiro atoms. The van der Waals surface area contributed by atoms with Crippen molar-refractivity contribution in [2.24, 2.45) is 23.7 Å². The van der Waals surface area contributed by atoms with Crippen molar-refractivity contribution in [3.63, 3.8) is 0 Å². The van der Waals surface area contributed by atoms with Crippen LogP contribution in [0, 0.1) is 23.7 Å². The van der Waals surface area contributed by atoms with Crippen molar-refractivity contribution in [1.82, 2.24) is 0 Å². The molecule has 0 saturated heterocycles. The van der Waals surface area contributed by atoms with Crippen molar-refractivity contribution < 1.29 is 4.74 Å². The third-order valence-electron chi connectivity index (χ3n) is 3.79. The van der Waals surface area contributed by atoms with Crippen LogP contribution in [0.15, 0.2) is 0 Å². The zero-order valence-electron chi connectivity index (χ0n) is 11.4. The Morgan fingerprint density at radius 1 is 1.12 bits per heavy atom. The van der Waals surface area contributed by atoms with Gasteiger partial charge in [-0.15, -0.1) is 0 Å². The highest BCUT2D eigenvalue weighted by molar-refractivity contribution is 6.19. The highest BCUT2D eigenvalue weighted by Gasteiger charge is 2.33. The molecule has 1 nitrogen and oxygen atoms in total. The third-order valence-corrected chi connectivity index (χ3v) is 4.40. The Hall–Kier alpha value is 0.250. The van der Waals surface area contributed by atoms with Gasteiger partial charge in [0.1, 0.15) is 5.56 Å². The summed E-state index contributed by atoms with van der Waals surface area (Å²) in [6.45, 7) is 11.2. The smallest absolute Gasteiger partial charge is 0.133 e. The molecule has 0 N–H and O–H groups in total. The minimum absolute atomic E-state index is 0.128. The second-order valence-corrected chi connectivity index (χ2v) is 6.53. The van der Waals surface area contributed by atoms with Crippen molar-refractivity contribution >= 4 is 11.6 Å². The van der Waals surface area contributed by atoms with Crippen LogP contribution in [0.2, 0.25) is 0 Å². The van der Waals surface area contributed by atoms with E-state index in [9.17, 15) is 0 Å². The van der Waals surface area contributed by atoms with Gasteiger partial charge in [0.05, 0.1) is 6.10 Å². The molecule has 0 aromatic heterocycles. The van der Waals surface area contributed by atoms with Gasteiger partial charge in [0.15, 0.2) is 0 Å². The summed E-state index contributed by atoms with van der Waals surface area (Å²) in [6, 6.07) is 0. The van der Waals surface area contributed by atoms with Crippen molar-refractivity contribution in [2.75, 3.05) is 0 Å². The Kier molecular flexibility index (Phi) is 5.60. The molecular formula is C14H27ClO. The van der Waals surface area contributed by atoms with E-state index in [-0.39, 0.29) is 5.56 Å². The second-order valence-electron chi connectivity index (χ2n) is 6.10. The van der Waals surface area contributed by atoms with E-state index in [1.165, 1.54) is 19.3 Å². The largest absolute Gasteiger partial charge is 0.359 e. The monoisotopic (exact) mass is 246 g/mol. The molecule has 1 aliphatic carbocycles. The number of alkyl halides is 1. The highest BCUT2D eigenvalue weighted by Crippen LogP contribution is 2.36. The van der Waals surface area contributed by atoms with E-state index in [0.717, 1.165) is 5.92 Å². The van der Waals surface area contributed by atoms with Crippen molar-refractivity contribution in [1.29, 1.82) is 0 Å². The first kappa shape index (κ1) is 14.3. The lowest BCUT2D eigenvalue weighted by Crippen LogP contribution is -2.36. The van der Waals surface area contributed by atoms with Crippen LogP contribution in [0.1, 0.15) is 53.9 Å². The molecule has 96 valence electrons. The van der Waals surface area contributed by atoms with Gasteiger partial charge < -0.3 is 4.74 Å². The molecule has 1 aliphatic rings. The summed E-state index contributed by atoms with van der Waals surface area (Å²) in [5, 5.41) is 0. The van der Waals surface area contributed by atoms with Crippen LogP contribution in [0.25, 0.3) is 0 Å². The predicted molar refractivity (Wildman–Crippen MR) is 70.7 cm³/mol. The number of hydrogen-bond donors (Lipinski definition) is 0. The molecule has 0 radical (unpaired) electrons. The standard InChI is InChI=1S/C14H27ClO/c1-9(2)12-7-6-11(5)8-13(12)16-14(15)10(3)4/h9-14H,6-8H2,1-5H3. The van der Waals surface area contributed by atoms with Crippen molar-refractivity contribution in [2.45, 2.75) is 65.5 Å².